The molecule has 4 nitrogen and oxygen atoms in total. The molecule has 0 atom stereocenters. The van der Waals surface area contributed by atoms with Crippen LogP contribution in [0.2, 0.25) is 5.28 Å². The number of hydrogen-bond donors (Lipinski definition) is 1. The molecular weight excluding hydrogens is 258 g/mol. The van der Waals surface area contributed by atoms with Crippen LogP contribution in [0.3, 0.4) is 0 Å². The summed E-state index contributed by atoms with van der Waals surface area (Å²) in [4.78, 5) is 8.71. The van der Waals surface area contributed by atoms with Crippen molar-refractivity contribution in [1.82, 2.24) is 9.97 Å². The molecule has 2 rings (SSSR count). The van der Waals surface area contributed by atoms with E-state index in [4.69, 9.17) is 22.1 Å². The maximum atomic E-state index is 5.71. The van der Waals surface area contributed by atoms with Gasteiger partial charge < -0.3 is 10.5 Å². The van der Waals surface area contributed by atoms with E-state index in [-0.39, 0.29) is 11.2 Å². The molecule has 0 spiro atoms. The number of anilines is 1. The highest BCUT2D eigenvalue weighted by atomic mass is 35.5. The Morgan fingerprint density at radius 3 is 2.88 bits per heavy atom. The van der Waals surface area contributed by atoms with Gasteiger partial charge in [-0.25, -0.2) is 4.98 Å². The van der Waals surface area contributed by atoms with Crippen LogP contribution in [0.4, 0.5) is 5.69 Å². The summed E-state index contributed by atoms with van der Waals surface area (Å²) in [6.07, 6.45) is 3.39. The Morgan fingerprint density at radius 1 is 1.35 bits per heavy atom. The molecule has 0 radical (unpaired) electrons. The van der Waals surface area contributed by atoms with Gasteiger partial charge in [-0.3, -0.25) is 0 Å². The van der Waals surface area contributed by atoms with E-state index in [1.165, 1.54) is 6.20 Å². The van der Waals surface area contributed by atoms with E-state index < -0.39 is 0 Å². The standard InChI is InChI=1S/C11H10ClN3OS/c1-17-9-5-3-2-4-8(9)16-10-7(13)6-14-11(12)15-10/h2-6H,13H2,1H3. The Kier molecular flexibility index (Phi) is 3.71. The smallest absolute Gasteiger partial charge is 0.247 e. The lowest BCUT2D eigenvalue weighted by molar-refractivity contribution is 0.453. The van der Waals surface area contributed by atoms with E-state index in [2.05, 4.69) is 9.97 Å². The zero-order chi connectivity index (χ0) is 12.3. The minimum Gasteiger partial charge on any atom is -0.436 e. The highest BCUT2D eigenvalue weighted by molar-refractivity contribution is 7.98. The summed E-state index contributed by atoms with van der Waals surface area (Å²) < 4.78 is 5.63. The van der Waals surface area contributed by atoms with Gasteiger partial charge in [0.15, 0.2) is 0 Å². The lowest BCUT2D eigenvalue weighted by Gasteiger charge is -2.09. The lowest BCUT2D eigenvalue weighted by atomic mass is 10.3. The number of aromatic nitrogens is 2. The topological polar surface area (TPSA) is 61.0 Å². The summed E-state index contributed by atoms with van der Waals surface area (Å²) in [6.45, 7) is 0. The van der Waals surface area contributed by atoms with Crippen LogP contribution in [0.15, 0.2) is 35.4 Å². The van der Waals surface area contributed by atoms with E-state index in [1.54, 1.807) is 11.8 Å². The predicted molar refractivity (Wildman–Crippen MR) is 69.8 cm³/mol. The summed E-state index contributed by atoms with van der Waals surface area (Å²) in [5.41, 5.74) is 6.07. The first-order valence-corrected chi connectivity index (χ1v) is 6.40. The van der Waals surface area contributed by atoms with Crippen LogP contribution in [0.5, 0.6) is 11.6 Å². The number of nitrogens with two attached hydrogens (primary N) is 1. The van der Waals surface area contributed by atoms with Crippen molar-refractivity contribution in [1.29, 1.82) is 0 Å². The van der Waals surface area contributed by atoms with Gasteiger partial charge in [-0.05, 0) is 30.0 Å². The maximum Gasteiger partial charge on any atom is 0.247 e. The average Bonchev–Trinajstić information content (AvgIpc) is 2.34. The molecule has 6 heteroatoms. The van der Waals surface area contributed by atoms with Crippen molar-refractivity contribution in [3.05, 3.63) is 35.7 Å². The number of nitrogen functional groups attached to an aromatic ring is 1. The van der Waals surface area contributed by atoms with Crippen molar-refractivity contribution in [3.8, 4) is 11.6 Å². The zero-order valence-corrected chi connectivity index (χ0v) is 10.6. The molecule has 2 aromatic rings. The number of nitrogens with zero attached hydrogens (tertiary/aromatic N) is 2. The van der Waals surface area contributed by atoms with Crippen LogP contribution >= 0.6 is 23.4 Å². The van der Waals surface area contributed by atoms with Gasteiger partial charge in [0, 0.05) is 4.90 Å². The van der Waals surface area contributed by atoms with Gasteiger partial charge in [0.1, 0.15) is 11.4 Å². The molecule has 0 unspecified atom stereocenters. The van der Waals surface area contributed by atoms with Crippen molar-refractivity contribution in [2.45, 2.75) is 4.90 Å². The SMILES string of the molecule is CSc1ccccc1Oc1nc(Cl)ncc1N. The van der Waals surface area contributed by atoms with Crippen molar-refractivity contribution < 1.29 is 4.74 Å². The maximum absolute atomic E-state index is 5.71. The summed E-state index contributed by atoms with van der Waals surface area (Å²) in [7, 11) is 0. The Hall–Kier alpha value is -1.46. The molecular formula is C11H10ClN3OS. The molecule has 0 aliphatic rings. The number of thioether (sulfide) groups is 1. The highest BCUT2D eigenvalue weighted by Crippen LogP contribution is 2.32. The fraction of sp³-hybridized carbons (Fsp3) is 0.0909. The number of halogens is 1. The van der Waals surface area contributed by atoms with Gasteiger partial charge in [-0.15, -0.1) is 11.8 Å². The Morgan fingerprint density at radius 2 is 2.12 bits per heavy atom. The molecule has 0 amide bonds. The average molecular weight is 268 g/mol. The summed E-state index contributed by atoms with van der Waals surface area (Å²) in [6, 6.07) is 7.63. The Balaban J connectivity index is 2.34. The van der Waals surface area contributed by atoms with Gasteiger partial charge in [0.05, 0.1) is 6.20 Å². The van der Waals surface area contributed by atoms with E-state index in [1.807, 2.05) is 30.5 Å². The molecule has 0 saturated heterocycles. The number of hydrogen-bond acceptors (Lipinski definition) is 5. The van der Waals surface area contributed by atoms with Crippen LogP contribution in [0.1, 0.15) is 0 Å². The van der Waals surface area contributed by atoms with Crippen molar-refractivity contribution in [2.75, 3.05) is 12.0 Å². The first-order valence-electron chi connectivity index (χ1n) is 4.79. The second kappa shape index (κ2) is 5.25. The minimum absolute atomic E-state index is 0.107. The quantitative estimate of drug-likeness (QED) is 0.683. The van der Waals surface area contributed by atoms with E-state index in [9.17, 15) is 0 Å². The first-order chi connectivity index (χ1) is 8.20. The number of para-hydroxylation sites is 1. The van der Waals surface area contributed by atoms with E-state index in [0.29, 0.717) is 11.4 Å². The molecule has 2 N–H and O–H groups in total. The van der Waals surface area contributed by atoms with Crippen molar-refractivity contribution in [3.63, 3.8) is 0 Å². The third-order valence-electron chi connectivity index (χ3n) is 2.03. The monoisotopic (exact) mass is 267 g/mol. The largest absolute Gasteiger partial charge is 0.436 e. The van der Waals surface area contributed by atoms with E-state index in [0.717, 1.165) is 4.90 Å². The summed E-state index contributed by atoms with van der Waals surface area (Å²) in [5.74, 6) is 0.966. The van der Waals surface area contributed by atoms with Gasteiger partial charge in [0.2, 0.25) is 11.2 Å². The molecule has 88 valence electrons. The van der Waals surface area contributed by atoms with Gasteiger partial charge in [-0.1, -0.05) is 12.1 Å². The van der Waals surface area contributed by atoms with Gasteiger partial charge >= 0.3 is 0 Å². The van der Waals surface area contributed by atoms with E-state index >= 15 is 0 Å². The van der Waals surface area contributed by atoms with Crippen LogP contribution in [-0.4, -0.2) is 16.2 Å². The van der Waals surface area contributed by atoms with Crippen LogP contribution in [-0.2, 0) is 0 Å². The molecule has 17 heavy (non-hydrogen) atoms. The first kappa shape index (κ1) is 12.0. The second-order valence-electron chi connectivity index (χ2n) is 3.15. The summed E-state index contributed by atoms with van der Waals surface area (Å²) >= 11 is 7.28. The van der Waals surface area contributed by atoms with Crippen LogP contribution < -0.4 is 10.5 Å². The molecule has 0 aliphatic carbocycles. The lowest BCUT2D eigenvalue weighted by Crippen LogP contribution is -1.97. The highest BCUT2D eigenvalue weighted by Gasteiger charge is 2.08. The molecule has 1 aromatic carbocycles. The fourth-order valence-corrected chi connectivity index (χ4v) is 1.90. The van der Waals surface area contributed by atoms with Crippen molar-refractivity contribution >= 4 is 29.1 Å². The normalized spacial score (nSPS) is 10.2. The zero-order valence-electron chi connectivity index (χ0n) is 9.05. The number of ether oxygens (including phenoxy) is 1. The fourth-order valence-electron chi connectivity index (χ4n) is 1.24. The molecule has 1 aromatic heterocycles. The summed E-state index contributed by atoms with van der Waals surface area (Å²) in [5, 5.41) is 0.107. The third kappa shape index (κ3) is 2.81. The minimum atomic E-state index is 0.107. The molecule has 0 bridgehead atoms. The predicted octanol–water partition coefficient (Wildman–Crippen LogP) is 3.23. The molecule has 0 saturated carbocycles. The second-order valence-corrected chi connectivity index (χ2v) is 4.34. The number of benzene rings is 1. The van der Waals surface area contributed by atoms with Crippen LogP contribution in [0.25, 0.3) is 0 Å². The van der Waals surface area contributed by atoms with Crippen molar-refractivity contribution in [2.24, 2.45) is 0 Å². The number of rotatable bonds is 3. The Bertz CT molecular complexity index is 536. The molecule has 0 fully saturated rings. The third-order valence-corrected chi connectivity index (χ3v) is 2.99. The van der Waals surface area contributed by atoms with Gasteiger partial charge in [-0.2, -0.15) is 4.98 Å². The Labute approximate surface area is 108 Å². The van der Waals surface area contributed by atoms with Gasteiger partial charge in [0.25, 0.3) is 0 Å². The van der Waals surface area contributed by atoms with Crippen LogP contribution in [0, 0.1) is 0 Å². The molecule has 1 heterocycles. The molecule has 0 aliphatic heterocycles.